The van der Waals surface area contributed by atoms with Gasteiger partial charge in [-0.2, -0.15) is 0 Å². The summed E-state index contributed by atoms with van der Waals surface area (Å²) in [6.45, 7) is 9.44. The highest BCUT2D eigenvalue weighted by molar-refractivity contribution is 4.51. The zero-order chi connectivity index (χ0) is 10.0. The van der Waals surface area contributed by atoms with Gasteiger partial charge in [-0.3, -0.25) is 0 Å². The first-order chi connectivity index (χ1) is 5.54. The lowest BCUT2D eigenvalue weighted by atomic mass is 10.4. The molecule has 0 unspecified atom stereocenters. The zero-order valence-corrected chi connectivity index (χ0v) is 11.2. The molecule has 0 fully saturated rings. The summed E-state index contributed by atoms with van der Waals surface area (Å²) in [7, 11) is 6.09. The molecule has 0 saturated carbocycles. The quantitative estimate of drug-likeness (QED) is 0.365. The number of rotatable bonds is 4. The summed E-state index contributed by atoms with van der Waals surface area (Å²) in [5, 5.41) is 0. The molecular formula is C10H24BrNO. The molecule has 0 heterocycles. The van der Waals surface area contributed by atoms with Crippen LogP contribution in [0.15, 0.2) is 12.7 Å². The summed E-state index contributed by atoms with van der Waals surface area (Å²) in [6.07, 6.45) is 2.97. The molecule has 0 radical (unpaired) electrons. The van der Waals surface area contributed by atoms with E-state index in [2.05, 4.69) is 27.6 Å². The van der Waals surface area contributed by atoms with Crippen molar-refractivity contribution in [2.75, 3.05) is 34.5 Å². The van der Waals surface area contributed by atoms with E-state index in [0.717, 1.165) is 11.2 Å². The maximum absolute atomic E-state index is 5.03. The first-order valence-corrected chi connectivity index (χ1v) is 4.42. The number of halogens is 1. The Bertz CT molecular complexity index is 97.1. The van der Waals surface area contributed by atoms with Crippen molar-refractivity contribution < 1.29 is 26.2 Å². The number of nitrogens with zero attached hydrogens (tertiary/aromatic N) is 1. The van der Waals surface area contributed by atoms with Crippen LogP contribution in [0.4, 0.5) is 0 Å². The highest BCUT2D eigenvalue weighted by Gasteiger charge is 2.10. The van der Waals surface area contributed by atoms with E-state index >= 15 is 0 Å². The third kappa shape index (κ3) is 18.8. The van der Waals surface area contributed by atoms with Crippen molar-refractivity contribution in [2.45, 2.75) is 20.3 Å². The lowest BCUT2D eigenvalue weighted by molar-refractivity contribution is -0.909. The fourth-order valence-electron chi connectivity index (χ4n) is 1.02. The topological polar surface area (TPSA) is 9.23 Å². The number of quaternary nitrogens is 1. The Balaban J connectivity index is -0.000000220. The van der Waals surface area contributed by atoms with Gasteiger partial charge in [0.25, 0.3) is 0 Å². The second-order valence-electron chi connectivity index (χ2n) is 3.49. The SMILES string of the molecule is C=CC.CCC[N+](C)(C)COC.[Br-]. The van der Waals surface area contributed by atoms with Crippen LogP contribution >= 0.6 is 0 Å². The Labute approximate surface area is 93.9 Å². The van der Waals surface area contributed by atoms with Crippen LogP contribution < -0.4 is 17.0 Å². The molecule has 0 amide bonds. The summed E-state index contributed by atoms with van der Waals surface area (Å²) in [4.78, 5) is 0. The predicted molar refractivity (Wildman–Crippen MR) is 55.0 cm³/mol. The van der Waals surface area contributed by atoms with Crippen LogP contribution in [0.3, 0.4) is 0 Å². The van der Waals surface area contributed by atoms with Crippen molar-refractivity contribution in [3.8, 4) is 0 Å². The maximum Gasteiger partial charge on any atom is 0.182 e. The summed E-state index contributed by atoms with van der Waals surface area (Å²) >= 11 is 0. The van der Waals surface area contributed by atoms with Crippen LogP contribution in [0.5, 0.6) is 0 Å². The van der Waals surface area contributed by atoms with E-state index in [4.69, 9.17) is 4.74 Å². The normalized spacial score (nSPS) is 9.31. The minimum absolute atomic E-state index is 0. The molecule has 0 atom stereocenters. The van der Waals surface area contributed by atoms with Gasteiger partial charge in [0.1, 0.15) is 0 Å². The second kappa shape index (κ2) is 12.1. The van der Waals surface area contributed by atoms with Crippen molar-refractivity contribution in [1.82, 2.24) is 0 Å². The molecule has 13 heavy (non-hydrogen) atoms. The molecule has 3 heteroatoms. The molecule has 0 N–H and O–H groups in total. The van der Waals surface area contributed by atoms with E-state index < -0.39 is 0 Å². The third-order valence-electron chi connectivity index (χ3n) is 1.31. The third-order valence-corrected chi connectivity index (χ3v) is 1.31. The highest BCUT2D eigenvalue weighted by Crippen LogP contribution is 1.97. The van der Waals surface area contributed by atoms with Crippen molar-refractivity contribution in [1.29, 1.82) is 0 Å². The molecule has 0 aliphatic heterocycles. The summed E-state index contributed by atoms with van der Waals surface area (Å²) in [5.41, 5.74) is 0. The van der Waals surface area contributed by atoms with Crippen LogP contribution in [0.1, 0.15) is 20.3 Å². The minimum atomic E-state index is 0. The van der Waals surface area contributed by atoms with Crippen molar-refractivity contribution in [3.63, 3.8) is 0 Å². The average molecular weight is 254 g/mol. The fourth-order valence-corrected chi connectivity index (χ4v) is 1.02. The van der Waals surface area contributed by atoms with E-state index in [-0.39, 0.29) is 17.0 Å². The number of allylic oxidation sites excluding steroid dienone is 1. The summed E-state index contributed by atoms with van der Waals surface area (Å²) in [5.74, 6) is 0. The van der Waals surface area contributed by atoms with Crippen LogP contribution in [-0.4, -0.2) is 39.0 Å². The van der Waals surface area contributed by atoms with E-state index in [0.29, 0.717) is 0 Å². The van der Waals surface area contributed by atoms with E-state index in [1.165, 1.54) is 13.0 Å². The Hall–Kier alpha value is 0.140. The lowest BCUT2D eigenvalue weighted by Gasteiger charge is -2.27. The van der Waals surface area contributed by atoms with Gasteiger partial charge in [0.05, 0.1) is 20.6 Å². The predicted octanol–water partition coefficient (Wildman–Crippen LogP) is -0.727. The fraction of sp³-hybridized carbons (Fsp3) is 0.800. The van der Waals surface area contributed by atoms with Gasteiger partial charge in [-0.15, -0.1) is 6.58 Å². The molecule has 0 rings (SSSR count). The molecule has 0 spiro atoms. The maximum atomic E-state index is 5.03. The molecule has 2 nitrogen and oxygen atoms in total. The first-order valence-electron chi connectivity index (χ1n) is 4.42. The highest BCUT2D eigenvalue weighted by atomic mass is 79.9. The van der Waals surface area contributed by atoms with E-state index in [9.17, 15) is 0 Å². The Kier molecular flexibility index (Phi) is 17.6. The van der Waals surface area contributed by atoms with Gasteiger partial charge in [-0.1, -0.05) is 13.0 Å². The second-order valence-corrected chi connectivity index (χ2v) is 3.49. The molecular weight excluding hydrogens is 230 g/mol. The zero-order valence-electron chi connectivity index (χ0n) is 9.64. The molecule has 0 aromatic rings. The standard InChI is InChI=1S/C7H18NO.C3H6.BrH/c1-5-6-8(2,3)7-9-4;1-3-2;/h5-7H2,1-4H3;3H,1H2,2H3;1H/q+1;;/p-1. The largest absolute Gasteiger partial charge is 1.00 e. The Morgan fingerprint density at radius 3 is 2.00 bits per heavy atom. The van der Waals surface area contributed by atoms with E-state index in [1.807, 2.05) is 6.92 Å². The average Bonchev–Trinajstić information content (AvgIpc) is 1.88. The molecule has 0 saturated heterocycles. The lowest BCUT2D eigenvalue weighted by Crippen LogP contribution is -3.00. The molecule has 0 aliphatic carbocycles. The summed E-state index contributed by atoms with van der Waals surface area (Å²) in [6, 6.07) is 0. The van der Waals surface area contributed by atoms with Crippen LogP contribution in [0.2, 0.25) is 0 Å². The molecule has 0 aliphatic rings. The van der Waals surface area contributed by atoms with Gasteiger partial charge >= 0.3 is 0 Å². The summed E-state index contributed by atoms with van der Waals surface area (Å²) < 4.78 is 6.00. The van der Waals surface area contributed by atoms with Crippen LogP contribution in [-0.2, 0) is 4.74 Å². The van der Waals surface area contributed by atoms with Gasteiger partial charge in [-0.25, -0.2) is 0 Å². The minimum Gasteiger partial charge on any atom is -1.00 e. The molecule has 0 aromatic carbocycles. The van der Waals surface area contributed by atoms with Gasteiger partial charge in [0.15, 0.2) is 6.73 Å². The molecule has 0 bridgehead atoms. The Morgan fingerprint density at radius 1 is 1.38 bits per heavy atom. The van der Waals surface area contributed by atoms with Crippen LogP contribution in [0.25, 0.3) is 0 Å². The van der Waals surface area contributed by atoms with Gasteiger partial charge in [-0.05, 0) is 13.3 Å². The smallest absolute Gasteiger partial charge is 0.182 e. The van der Waals surface area contributed by atoms with Gasteiger partial charge in [0, 0.05) is 7.11 Å². The number of hydrogen-bond acceptors (Lipinski definition) is 1. The van der Waals surface area contributed by atoms with Crippen molar-refractivity contribution >= 4 is 0 Å². The van der Waals surface area contributed by atoms with E-state index in [1.54, 1.807) is 13.2 Å². The van der Waals surface area contributed by atoms with Crippen molar-refractivity contribution in [2.24, 2.45) is 0 Å². The number of methoxy groups -OCH3 is 1. The molecule has 82 valence electrons. The number of ether oxygens (including phenoxy) is 1. The molecule has 0 aromatic heterocycles. The van der Waals surface area contributed by atoms with Crippen LogP contribution in [0, 0.1) is 0 Å². The first kappa shape index (κ1) is 18.8. The Morgan fingerprint density at radius 2 is 1.77 bits per heavy atom. The number of hydrogen-bond donors (Lipinski definition) is 0. The van der Waals surface area contributed by atoms with Gasteiger partial charge < -0.3 is 26.2 Å². The van der Waals surface area contributed by atoms with Crippen molar-refractivity contribution in [3.05, 3.63) is 12.7 Å². The van der Waals surface area contributed by atoms with Gasteiger partial charge in [0.2, 0.25) is 0 Å². The monoisotopic (exact) mass is 253 g/mol.